The van der Waals surface area contributed by atoms with Crippen LogP contribution in [-0.2, 0) is 9.59 Å². The summed E-state index contributed by atoms with van der Waals surface area (Å²) >= 11 is 4.53. The highest BCUT2D eigenvalue weighted by atomic mass is 79.9. The molecule has 0 bridgehead atoms. The van der Waals surface area contributed by atoms with Crippen LogP contribution in [0.25, 0.3) is 0 Å². The zero-order valence-electron chi connectivity index (χ0n) is 9.76. The summed E-state index contributed by atoms with van der Waals surface area (Å²) in [7, 11) is 0. The molecule has 1 aromatic heterocycles. The number of halogens is 1. The number of carboxylic acids is 2. The fourth-order valence-corrected chi connectivity index (χ4v) is 2.52. The summed E-state index contributed by atoms with van der Waals surface area (Å²) in [6.45, 7) is 0. The van der Waals surface area contributed by atoms with Gasteiger partial charge in [0, 0.05) is 11.8 Å². The highest BCUT2D eigenvalue weighted by Crippen LogP contribution is 2.20. The molecule has 6 nitrogen and oxygen atoms in total. The van der Waals surface area contributed by atoms with Crippen LogP contribution in [0.5, 0.6) is 0 Å². The van der Waals surface area contributed by atoms with Crippen LogP contribution >= 0.6 is 27.3 Å². The Morgan fingerprint density at radius 2 is 2.05 bits per heavy atom. The molecule has 3 N–H and O–H groups in total. The minimum atomic E-state index is -1.17. The first-order chi connectivity index (χ1) is 8.90. The SMILES string of the molecule is O=C(O)CCC[C@@H](NC(=O)c1csc(Br)c1)C(=O)O. The van der Waals surface area contributed by atoms with E-state index in [-0.39, 0.29) is 19.3 Å². The van der Waals surface area contributed by atoms with Crippen molar-refractivity contribution < 1.29 is 24.6 Å². The van der Waals surface area contributed by atoms with Gasteiger partial charge in [0.15, 0.2) is 0 Å². The smallest absolute Gasteiger partial charge is 0.326 e. The van der Waals surface area contributed by atoms with Crippen LogP contribution in [0.4, 0.5) is 0 Å². The van der Waals surface area contributed by atoms with Crippen LogP contribution in [0, 0.1) is 0 Å². The van der Waals surface area contributed by atoms with E-state index in [1.165, 1.54) is 11.3 Å². The first-order valence-corrected chi connectivity index (χ1v) is 7.07. The Morgan fingerprint density at radius 1 is 1.37 bits per heavy atom. The van der Waals surface area contributed by atoms with Crippen LogP contribution < -0.4 is 5.32 Å². The Bertz CT molecular complexity index is 487. The second-order valence-electron chi connectivity index (χ2n) is 3.79. The van der Waals surface area contributed by atoms with E-state index < -0.39 is 23.9 Å². The van der Waals surface area contributed by atoms with Crippen molar-refractivity contribution in [1.29, 1.82) is 0 Å². The molecule has 0 spiro atoms. The second kappa shape index (κ2) is 7.25. The maximum Gasteiger partial charge on any atom is 0.326 e. The molecular weight excluding hydrogens is 338 g/mol. The van der Waals surface area contributed by atoms with Gasteiger partial charge in [0.2, 0.25) is 0 Å². The summed E-state index contributed by atoms with van der Waals surface area (Å²) in [6, 6.07) is 0.515. The van der Waals surface area contributed by atoms with Crippen molar-refractivity contribution in [3.63, 3.8) is 0 Å². The van der Waals surface area contributed by atoms with Gasteiger partial charge in [-0.3, -0.25) is 9.59 Å². The van der Waals surface area contributed by atoms with Crippen LogP contribution in [0.1, 0.15) is 29.6 Å². The van der Waals surface area contributed by atoms with Gasteiger partial charge in [-0.05, 0) is 34.8 Å². The normalized spacial score (nSPS) is 11.8. The number of hydrogen-bond acceptors (Lipinski definition) is 4. The molecule has 8 heteroatoms. The first-order valence-electron chi connectivity index (χ1n) is 5.39. The van der Waals surface area contributed by atoms with Crippen molar-refractivity contribution in [3.8, 4) is 0 Å². The zero-order valence-corrected chi connectivity index (χ0v) is 12.2. The third-order valence-electron chi connectivity index (χ3n) is 2.32. The van der Waals surface area contributed by atoms with E-state index in [2.05, 4.69) is 21.2 Å². The average Bonchev–Trinajstić information content (AvgIpc) is 2.73. The summed E-state index contributed by atoms with van der Waals surface area (Å²) in [6.07, 6.45) is 0.155. The van der Waals surface area contributed by atoms with Gasteiger partial charge in [-0.15, -0.1) is 11.3 Å². The van der Waals surface area contributed by atoms with E-state index in [1.54, 1.807) is 11.4 Å². The van der Waals surface area contributed by atoms with Crippen molar-refractivity contribution in [2.45, 2.75) is 25.3 Å². The first kappa shape index (κ1) is 15.6. The Labute approximate surface area is 121 Å². The van der Waals surface area contributed by atoms with Crippen LogP contribution in [-0.4, -0.2) is 34.1 Å². The molecular formula is C11H12BrNO5S. The highest BCUT2D eigenvalue weighted by Gasteiger charge is 2.21. The molecule has 1 atom stereocenters. The van der Waals surface area contributed by atoms with E-state index in [1.807, 2.05) is 0 Å². The van der Waals surface area contributed by atoms with Gasteiger partial charge in [-0.1, -0.05) is 0 Å². The number of hydrogen-bond donors (Lipinski definition) is 3. The Balaban J connectivity index is 2.55. The lowest BCUT2D eigenvalue weighted by Crippen LogP contribution is -2.40. The van der Waals surface area contributed by atoms with Gasteiger partial charge < -0.3 is 15.5 Å². The largest absolute Gasteiger partial charge is 0.481 e. The maximum atomic E-state index is 11.8. The minimum Gasteiger partial charge on any atom is -0.481 e. The number of carboxylic acid groups (broad SMARTS) is 2. The predicted octanol–water partition coefficient (Wildman–Crippen LogP) is 1.95. The molecule has 0 saturated carbocycles. The van der Waals surface area contributed by atoms with Gasteiger partial charge in [0.25, 0.3) is 5.91 Å². The quantitative estimate of drug-likeness (QED) is 0.697. The van der Waals surface area contributed by atoms with E-state index in [0.29, 0.717) is 5.56 Å². The fourth-order valence-electron chi connectivity index (χ4n) is 1.39. The number of nitrogens with one attached hydrogen (secondary N) is 1. The van der Waals surface area contributed by atoms with E-state index >= 15 is 0 Å². The zero-order chi connectivity index (χ0) is 14.4. The van der Waals surface area contributed by atoms with Crippen LogP contribution in [0.2, 0.25) is 0 Å². The number of aliphatic carboxylic acids is 2. The van der Waals surface area contributed by atoms with Gasteiger partial charge in [-0.2, -0.15) is 0 Å². The molecule has 0 aromatic carbocycles. The number of rotatable bonds is 7. The number of carbonyl (C=O) groups excluding carboxylic acids is 1. The molecule has 19 heavy (non-hydrogen) atoms. The topological polar surface area (TPSA) is 104 Å². The van der Waals surface area contributed by atoms with Gasteiger partial charge in [0.1, 0.15) is 6.04 Å². The van der Waals surface area contributed by atoms with Gasteiger partial charge in [-0.25, -0.2) is 4.79 Å². The van der Waals surface area contributed by atoms with Crippen molar-refractivity contribution in [3.05, 3.63) is 20.8 Å². The van der Waals surface area contributed by atoms with Crippen molar-refractivity contribution >= 4 is 45.1 Å². The van der Waals surface area contributed by atoms with Gasteiger partial charge in [0.05, 0.1) is 9.35 Å². The molecule has 104 valence electrons. The molecule has 1 rings (SSSR count). The molecule has 0 aliphatic rings. The monoisotopic (exact) mass is 349 g/mol. The summed E-state index contributed by atoms with van der Waals surface area (Å²) in [5, 5.41) is 21.4. The average molecular weight is 350 g/mol. The predicted molar refractivity (Wildman–Crippen MR) is 72.4 cm³/mol. The van der Waals surface area contributed by atoms with E-state index in [4.69, 9.17) is 10.2 Å². The summed E-state index contributed by atoms with van der Waals surface area (Å²) in [5.74, 6) is -2.64. The maximum absolute atomic E-state index is 11.8. The Kier molecular flexibility index (Phi) is 5.97. The third-order valence-corrected chi connectivity index (χ3v) is 3.82. The summed E-state index contributed by atoms with van der Waals surface area (Å²) < 4.78 is 0.774. The number of amides is 1. The number of carbonyl (C=O) groups is 3. The lowest BCUT2D eigenvalue weighted by atomic mass is 10.1. The van der Waals surface area contributed by atoms with Crippen LogP contribution in [0.3, 0.4) is 0 Å². The minimum absolute atomic E-state index is 0.0820. The Morgan fingerprint density at radius 3 is 2.53 bits per heavy atom. The lowest BCUT2D eigenvalue weighted by Gasteiger charge is -2.13. The lowest BCUT2D eigenvalue weighted by molar-refractivity contribution is -0.140. The summed E-state index contributed by atoms with van der Waals surface area (Å²) in [4.78, 5) is 33.1. The van der Waals surface area contributed by atoms with Crippen molar-refractivity contribution in [2.75, 3.05) is 0 Å². The molecule has 0 aliphatic carbocycles. The standard InChI is InChI=1S/C11H12BrNO5S/c12-8-4-6(5-19-8)10(16)13-7(11(17)18)2-1-3-9(14)15/h4-5,7H,1-3H2,(H,13,16)(H,14,15)(H,17,18)/t7-/m1/s1. The van der Waals surface area contributed by atoms with E-state index in [0.717, 1.165) is 3.79 Å². The molecule has 1 heterocycles. The molecule has 1 aromatic rings. The number of thiophene rings is 1. The van der Waals surface area contributed by atoms with Crippen LogP contribution in [0.15, 0.2) is 15.2 Å². The second-order valence-corrected chi connectivity index (χ2v) is 6.08. The Hall–Kier alpha value is -1.41. The molecule has 0 aliphatic heterocycles. The van der Waals surface area contributed by atoms with E-state index in [9.17, 15) is 14.4 Å². The third kappa shape index (κ3) is 5.39. The van der Waals surface area contributed by atoms with Gasteiger partial charge >= 0.3 is 11.9 Å². The fraction of sp³-hybridized carbons (Fsp3) is 0.364. The molecule has 0 fully saturated rings. The summed E-state index contributed by atoms with van der Waals surface area (Å²) in [5.41, 5.74) is 0.376. The van der Waals surface area contributed by atoms with Crippen molar-refractivity contribution in [2.24, 2.45) is 0 Å². The highest BCUT2D eigenvalue weighted by molar-refractivity contribution is 9.11. The van der Waals surface area contributed by atoms with Crippen molar-refractivity contribution in [1.82, 2.24) is 5.32 Å². The molecule has 0 unspecified atom stereocenters. The molecule has 0 radical (unpaired) electrons. The molecule has 0 saturated heterocycles. The molecule has 1 amide bonds.